The number of guanidine groups is 1. The molecule has 0 atom stereocenters. The Morgan fingerprint density at radius 3 is 2.67 bits per heavy atom. The molecule has 2 N–H and O–H groups in total. The van der Waals surface area contributed by atoms with E-state index in [-0.39, 0.29) is 17.0 Å². The SMILES string of the molecule is Br.CSc1cccc(N=C2NCCN2)c1. The number of rotatable bonds is 2. The van der Waals surface area contributed by atoms with Gasteiger partial charge in [-0.25, -0.2) is 4.99 Å². The van der Waals surface area contributed by atoms with Crippen molar-refractivity contribution in [3.8, 4) is 0 Å². The van der Waals surface area contributed by atoms with Gasteiger partial charge in [-0.2, -0.15) is 0 Å². The topological polar surface area (TPSA) is 36.4 Å². The van der Waals surface area contributed by atoms with Crippen LogP contribution in [0, 0.1) is 0 Å². The lowest BCUT2D eigenvalue weighted by Gasteiger charge is -2.00. The largest absolute Gasteiger partial charge is 0.354 e. The maximum atomic E-state index is 4.45. The number of nitrogens with zero attached hydrogens (tertiary/aromatic N) is 1. The van der Waals surface area contributed by atoms with Crippen molar-refractivity contribution in [2.45, 2.75) is 4.90 Å². The highest BCUT2D eigenvalue weighted by Crippen LogP contribution is 2.20. The Balaban J connectivity index is 0.00000112. The van der Waals surface area contributed by atoms with E-state index in [4.69, 9.17) is 0 Å². The average Bonchev–Trinajstić information content (AvgIpc) is 2.71. The molecule has 1 aromatic rings. The molecule has 5 heteroatoms. The summed E-state index contributed by atoms with van der Waals surface area (Å²) in [5, 5.41) is 6.35. The van der Waals surface area contributed by atoms with Gasteiger partial charge in [-0.05, 0) is 24.5 Å². The number of hydrogen-bond acceptors (Lipinski definition) is 2. The van der Waals surface area contributed by atoms with Crippen LogP contribution < -0.4 is 10.6 Å². The Kier molecular flexibility index (Phi) is 4.98. The van der Waals surface area contributed by atoms with Crippen molar-refractivity contribution in [1.29, 1.82) is 0 Å². The van der Waals surface area contributed by atoms with Crippen molar-refractivity contribution in [1.82, 2.24) is 10.6 Å². The van der Waals surface area contributed by atoms with E-state index in [9.17, 15) is 0 Å². The van der Waals surface area contributed by atoms with Crippen LogP contribution in [0.2, 0.25) is 0 Å². The highest BCUT2D eigenvalue weighted by Gasteiger charge is 2.04. The van der Waals surface area contributed by atoms with E-state index in [0.717, 1.165) is 24.7 Å². The third-order valence-electron chi connectivity index (χ3n) is 2.00. The van der Waals surface area contributed by atoms with Gasteiger partial charge < -0.3 is 10.6 Å². The highest BCUT2D eigenvalue weighted by molar-refractivity contribution is 8.93. The lowest BCUT2D eigenvalue weighted by Crippen LogP contribution is -2.23. The Bertz CT molecular complexity index is 346. The molecule has 0 unspecified atom stereocenters. The maximum absolute atomic E-state index is 4.45. The van der Waals surface area contributed by atoms with Crippen molar-refractivity contribution < 1.29 is 0 Å². The smallest absolute Gasteiger partial charge is 0.196 e. The molecule has 0 amide bonds. The first kappa shape index (κ1) is 12.4. The van der Waals surface area contributed by atoms with Crippen molar-refractivity contribution in [2.24, 2.45) is 4.99 Å². The summed E-state index contributed by atoms with van der Waals surface area (Å²) in [6.07, 6.45) is 2.07. The molecule has 1 aliphatic rings. The lowest BCUT2D eigenvalue weighted by molar-refractivity contribution is 0.942. The molecule has 1 fully saturated rings. The summed E-state index contributed by atoms with van der Waals surface area (Å²) in [7, 11) is 0. The van der Waals surface area contributed by atoms with Crippen molar-refractivity contribution in [3.63, 3.8) is 0 Å². The molecule has 0 spiro atoms. The van der Waals surface area contributed by atoms with E-state index in [1.807, 2.05) is 12.1 Å². The van der Waals surface area contributed by atoms with Crippen LogP contribution in [0.5, 0.6) is 0 Å². The fourth-order valence-electron chi connectivity index (χ4n) is 1.31. The van der Waals surface area contributed by atoms with E-state index < -0.39 is 0 Å². The minimum atomic E-state index is 0. The molecule has 82 valence electrons. The molecule has 0 aromatic heterocycles. The van der Waals surface area contributed by atoms with Crippen molar-refractivity contribution >= 4 is 40.4 Å². The number of nitrogens with one attached hydrogen (secondary N) is 2. The van der Waals surface area contributed by atoms with E-state index >= 15 is 0 Å². The standard InChI is InChI=1S/C10H13N3S.BrH/c1-14-9-4-2-3-8(7-9)13-10-11-5-6-12-10;/h2-4,7H,5-6H2,1H3,(H2,11,12,13);1H. The zero-order valence-corrected chi connectivity index (χ0v) is 11.0. The number of benzene rings is 1. The van der Waals surface area contributed by atoms with Crippen LogP contribution in [-0.2, 0) is 0 Å². The Morgan fingerprint density at radius 1 is 1.27 bits per heavy atom. The first-order chi connectivity index (χ1) is 6.88. The summed E-state index contributed by atoms with van der Waals surface area (Å²) in [4.78, 5) is 5.69. The second-order valence-electron chi connectivity index (χ2n) is 3.02. The average molecular weight is 288 g/mol. The van der Waals surface area contributed by atoms with Crippen LogP contribution in [0.4, 0.5) is 5.69 Å². The number of aliphatic imine (C=N–C) groups is 1. The predicted octanol–water partition coefficient (Wildman–Crippen LogP) is 2.17. The molecular weight excluding hydrogens is 274 g/mol. The highest BCUT2D eigenvalue weighted by atomic mass is 79.9. The van der Waals surface area contributed by atoms with Gasteiger partial charge in [0.05, 0.1) is 5.69 Å². The van der Waals surface area contributed by atoms with Gasteiger partial charge >= 0.3 is 0 Å². The maximum Gasteiger partial charge on any atom is 0.196 e. The second kappa shape index (κ2) is 6.02. The Morgan fingerprint density at radius 2 is 2.00 bits per heavy atom. The molecule has 0 radical (unpaired) electrons. The second-order valence-corrected chi connectivity index (χ2v) is 3.90. The van der Waals surface area contributed by atoms with E-state index in [2.05, 4.69) is 34.0 Å². The van der Waals surface area contributed by atoms with Crippen LogP contribution in [0.15, 0.2) is 34.2 Å². The molecule has 0 aliphatic carbocycles. The normalized spacial score (nSPS) is 13.8. The van der Waals surface area contributed by atoms with Crippen molar-refractivity contribution in [3.05, 3.63) is 24.3 Å². The number of thioether (sulfide) groups is 1. The fourth-order valence-corrected chi connectivity index (χ4v) is 1.77. The minimum Gasteiger partial charge on any atom is -0.354 e. The molecule has 1 aromatic carbocycles. The lowest BCUT2D eigenvalue weighted by atomic mass is 10.3. The van der Waals surface area contributed by atoms with Crippen LogP contribution >= 0.6 is 28.7 Å². The van der Waals surface area contributed by atoms with Crippen LogP contribution in [0.1, 0.15) is 0 Å². The molecule has 15 heavy (non-hydrogen) atoms. The fraction of sp³-hybridized carbons (Fsp3) is 0.300. The monoisotopic (exact) mass is 287 g/mol. The third-order valence-corrected chi connectivity index (χ3v) is 2.73. The van der Waals surface area contributed by atoms with Gasteiger partial charge in [0.1, 0.15) is 0 Å². The van der Waals surface area contributed by atoms with Gasteiger partial charge in [0.15, 0.2) is 5.96 Å². The van der Waals surface area contributed by atoms with Gasteiger partial charge in [0, 0.05) is 18.0 Å². The first-order valence-electron chi connectivity index (χ1n) is 4.59. The first-order valence-corrected chi connectivity index (χ1v) is 5.81. The van der Waals surface area contributed by atoms with Crippen LogP contribution in [0.25, 0.3) is 0 Å². The van der Waals surface area contributed by atoms with Gasteiger partial charge in [0.2, 0.25) is 0 Å². The summed E-state index contributed by atoms with van der Waals surface area (Å²) in [5.74, 6) is 0.878. The predicted molar refractivity (Wildman–Crippen MR) is 71.6 cm³/mol. The van der Waals surface area contributed by atoms with Gasteiger partial charge in [-0.1, -0.05) is 6.07 Å². The van der Waals surface area contributed by atoms with Crippen LogP contribution in [0.3, 0.4) is 0 Å². The Labute approximate surface area is 105 Å². The van der Waals surface area contributed by atoms with E-state index in [1.54, 1.807) is 11.8 Å². The van der Waals surface area contributed by atoms with Crippen LogP contribution in [-0.4, -0.2) is 25.3 Å². The van der Waals surface area contributed by atoms with Gasteiger partial charge in [-0.3, -0.25) is 0 Å². The number of halogens is 1. The van der Waals surface area contributed by atoms with E-state index in [1.165, 1.54) is 4.90 Å². The summed E-state index contributed by atoms with van der Waals surface area (Å²) in [6, 6.07) is 8.21. The minimum absolute atomic E-state index is 0. The van der Waals surface area contributed by atoms with Gasteiger partial charge in [0.25, 0.3) is 0 Å². The van der Waals surface area contributed by atoms with Crippen molar-refractivity contribution in [2.75, 3.05) is 19.3 Å². The molecule has 1 saturated heterocycles. The van der Waals surface area contributed by atoms with E-state index in [0.29, 0.717) is 0 Å². The molecular formula is C10H14BrN3S. The summed E-state index contributed by atoms with van der Waals surface area (Å²) >= 11 is 1.73. The Hall–Kier alpha value is -0.680. The summed E-state index contributed by atoms with van der Waals surface area (Å²) in [6.45, 7) is 1.92. The molecule has 1 heterocycles. The number of hydrogen-bond donors (Lipinski definition) is 2. The third kappa shape index (κ3) is 3.43. The molecule has 0 saturated carbocycles. The molecule has 2 rings (SSSR count). The molecule has 1 aliphatic heterocycles. The summed E-state index contributed by atoms with van der Waals surface area (Å²) in [5.41, 5.74) is 0.994. The van der Waals surface area contributed by atoms with Gasteiger partial charge in [-0.15, -0.1) is 28.7 Å². The quantitative estimate of drug-likeness (QED) is 0.819. The molecule has 0 bridgehead atoms. The zero-order chi connectivity index (χ0) is 9.80. The molecule has 3 nitrogen and oxygen atoms in total. The zero-order valence-electron chi connectivity index (χ0n) is 8.49. The summed E-state index contributed by atoms with van der Waals surface area (Å²) < 4.78 is 0.